The van der Waals surface area contributed by atoms with Crippen LogP contribution in [0.25, 0.3) is 0 Å². The molecule has 2 N–H and O–H groups in total. The van der Waals surface area contributed by atoms with Gasteiger partial charge in [0.1, 0.15) is 11.8 Å². The van der Waals surface area contributed by atoms with Crippen LogP contribution in [0.2, 0.25) is 0 Å². The number of benzene rings is 2. The number of nitro groups is 2. The maximum Gasteiger partial charge on any atom is 0.318 e. The molecule has 0 fully saturated rings. The van der Waals surface area contributed by atoms with Crippen molar-refractivity contribution in [2.24, 2.45) is 5.10 Å². The second-order valence-corrected chi connectivity index (χ2v) is 6.17. The van der Waals surface area contributed by atoms with Crippen LogP contribution in [-0.2, 0) is 4.79 Å². The number of nitrogens with one attached hydrogen (secondary N) is 1. The first-order valence-electron chi connectivity index (χ1n) is 7.53. The third-order valence-corrected chi connectivity index (χ3v) is 3.82. The topological polar surface area (TPSA) is 181 Å². The molecule has 29 heavy (non-hydrogen) atoms. The van der Waals surface area contributed by atoms with Crippen molar-refractivity contribution in [1.29, 1.82) is 5.26 Å². The molecule has 0 aliphatic heterocycles. The predicted molar refractivity (Wildman–Crippen MR) is 102 cm³/mol. The van der Waals surface area contributed by atoms with E-state index >= 15 is 0 Å². The highest BCUT2D eigenvalue weighted by atomic mass is 79.9. The van der Waals surface area contributed by atoms with E-state index < -0.39 is 39.5 Å². The van der Waals surface area contributed by atoms with Crippen LogP contribution in [0.1, 0.15) is 11.1 Å². The summed E-state index contributed by atoms with van der Waals surface area (Å²) in [5.41, 5.74) is 0.381. The van der Waals surface area contributed by atoms with Crippen LogP contribution in [0.15, 0.2) is 39.9 Å². The molecule has 0 unspecified atom stereocenters. The molecule has 12 nitrogen and oxygen atoms in total. The van der Waals surface area contributed by atoms with E-state index in [4.69, 9.17) is 10.00 Å². The van der Waals surface area contributed by atoms with Gasteiger partial charge in [-0.05, 0) is 18.2 Å². The number of nitro benzene ring substituents is 2. The standard InChI is InChI=1S/C16H10BrN5O7/c17-11-1-2-14(9(3-11)6-18)29-8-15(23)20-19-7-10-4-12(21(25)26)5-13(16(10)24)22(27)28/h1-5,7,24H,8H2,(H,20,23). The van der Waals surface area contributed by atoms with E-state index in [1.54, 1.807) is 6.07 Å². The number of halogens is 1. The van der Waals surface area contributed by atoms with Gasteiger partial charge in [0.05, 0.1) is 33.3 Å². The molecule has 0 radical (unpaired) electrons. The molecule has 0 bridgehead atoms. The second kappa shape index (κ2) is 9.24. The zero-order valence-electron chi connectivity index (χ0n) is 14.2. The van der Waals surface area contributed by atoms with Crippen LogP contribution in [0.5, 0.6) is 11.5 Å². The van der Waals surface area contributed by atoms with Gasteiger partial charge in [-0.2, -0.15) is 10.4 Å². The maximum atomic E-state index is 11.8. The summed E-state index contributed by atoms with van der Waals surface area (Å²) in [6.45, 7) is -0.505. The summed E-state index contributed by atoms with van der Waals surface area (Å²) >= 11 is 3.20. The minimum absolute atomic E-state index is 0.168. The van der Waals surface area contributed by atoms with Gasteiger partial charge >= 0.3 is 5.69 Å². The molecular weight excluding hydrogens is 454 g/mol. The smallest absolute Gasteiger partial charge is 0.318 e. The quantitative estimate of drug-likeness (QED) is 0.356. The van der Waals surface area contributed by atoms with Gasteiger partial charge in [0.15, 0.2) is 6.61 Å². The molecule has 2 aromatic rings. The minimum Gasteiger partial charge on any atom is -0.502 e. The summed E-state index contributed by atoms with van der Waals surface area (Å²) in [6, 6.07) is 7.97. The van der Waals surface area contributed by atoms with Gasteiger partial charge in [0, 0.05) is 10.5 Å². The zero-order chi connectivity index (χ0) is 21.6. The third kappa shape index (κ3) is 5.47. The van der Waals surface area contributed by atoms with Gasteiger partial charge < -0.3 is 9.84 Å². The number of hydrogen-bond donors (Lipinski definition) is 2. The fourth-order valence-corrected chi connectivity index (χ4v) is 2.39. The van der Waals surface area contributed by atoms with E-state index in [0.29, 0.717) is 10.5 Å². The number of phenols is 1. The Bertz CT molecular complexity index is 1060. The molecule has 0 saturated heterocycles. The number of carbonyl (C=O) groups excluding carboxylic acids is 1. The van der Waals surface area contributed by atoms with Crippen molar-refractivity contribution in [2.75, 3.05) is 6.61 Å². The van der Waals surface area contributed by atoms with Crippen molar-refractivity contribution < 1.29 is 24.5 Å². The molecule has 0 atom stereocenters. The van der Waals surface area contributed by atoms with Crippen molar-refractivity contribution >= 4 is 39.4 Å². The van der Waals surface area contributed by atoms with Crippen molar-refractivity contribution in [1.82, 2.24) is 5.43 Å². The van der Waals surface area contributed by atoms with E-state index in [-0.39, 0.29) is 16.9 Å². The average Bonchev–Trinajstić information content (AvgIpc) is 2.67. The monoisotopic (exact) mass is 463 g/mol. The van der Waals surface area contributed by atoms with Crippen molar-refractivity contribution in [3.8, 4) is 17.6 Å². The lowest BCUT2D eigenvalue weighted by Gasteiger charge is -2.07. The van der Waals surface area contributed by atoms with E-state index in [9.17, 15) is 30.1 Å². The van der Waals surface area contributed by atoms with Crippen LogP contribution in [-0.4, -0.2) is 33.7 Å². The van der Waals surface area contributed by atoms with Crippen LogP contribution in [0, 0.1) is 31.6 Å². The summed E-state index contributed by atoms with van der Waals surface area (Å²) in [5.74, 6) is -1.42. The normalized spacial score (nSPS) is 10.3. The highest BCUT2D eigenvalue weighted by Gasteiger charge is 2.23. The van der Waals surface area contributed by atoms with E-state index in [2.05, 4.69) is 21.0 Å². The van der Waals surface area contributed by atoms with Crippen LogP contribution < -0.4 is 10.2 Å². The number of hydrogen-bond acceptors (Lipinski definition) is 9. The number of hydrazone groups is 1. The number of nitriles is 1. The summed E-state index contributed by atoms with van der Waals surface area (Å²) < 4.78 is 5.87. The molecule has 2 rings (SSSR count). The Hall–Kier alpha value is -4.05. The lowest BCUT2D eigenvalue weighted by Crippen LogP contribution is -2.24. The van der Waals surface area contributed by atoms with Gasteiger partial charge in [-0.25, -0.2) is 5.43 Å². The number of phenolic OH excluding ortho intramolecular Hbond substituents is 1. The number of ether oxygens (including phenoxy) is 1. The molecule has 148 valence electrons. The van der Waals surface area contributed by atoms with Crippen LogP contribution >= 0.6 is 15.9 Å². The number of rotatable bonds is 7. The van der Waals surface area contributed by atoms with Gasteiger partial charge in [0.2, 0.25) is 5.75 Å². The number of carbonyl (C=O) groups is 1. The van der Waals surface area contributed by atoms with E-state index in [1.165, 1.54) is 12.1 Å². The number of non-ortho nitro benzene ring substituents is 1. The fourth-order valence-electron chi connectivity index (χ4n) is 2.03. The maximum absolute atomic E-state index is 11.8. The molecule has 0 aromatic heterocycles. The number of aromatic hydroxyl groups is 1. The summed E-state index contributed by atoms with van der Waals surface area (Å²) in [6.07, 6.45) is 0.813. The number of amides is 1. The third-order valence-electron chi connectivity index (χ3n) is 3.33. The minimum atomic E-state index is -0.989. The van der Waals surface area contributed by atoms with Crippen LogP contribution in [0.3, 0.4) is 0 Å². The Labute approximate surface area is 170 Å². The predicted octanol–water partition coefficient (Wildman–Crippen LogP) is 2.37. The molecule has 0 heterocycles. The SMILES string of the molecule is N#Cc1cc(Br)ccc1OCC(=O)NN=Cc1cc([N+](=O)[O-])cc([N+](=O)[O-])c1O. The average molecular weight is 464 g/mol. The first kappa shape index (κ1) is 21.3. The van der Waals surface area contributed by atoms with Gasteiger partial charge in [-0.1, -0.05) is 15.9 Å². The molecule has 2 aromatic carbocycles. The zero-order valence-corrected chi connectivity index (χ0v) is 15.8. The lowest BCUT2D eigenvalue weighted by atomic mass is 10.1. The van der Waals surface area contributed by atoms with Gasteiger partial charge in [-0.15, -0.1) is 0 Å². The molecule has 0 aliphatic rings. The van der Waals surface area contributed by atoms with E-state index in [0.717, 1.165) is 12.3 Å². The molecule has 0 saturated carbocycles. The second-order valence-electron chi connectivity index (χ2n) is 5.25. The Balaban J connectivity index is 2.08. The highest BCUT2D eigenvalue weighted by molar-refractivity contribution is 9.10. The lowest BCUT2D eigenvalue weighted by molar-refractivity contribution is -0.394. The summed E-state index contributed by atoms with van der Waals surface area (Å²) in [7, 11) is 0. The van der Waals surface area contributed by atoms with E-state index in [1.807, 2.05) is 11.5 Å². The van der Waals surface area contributed by atoms with Crippen molar-refractivity contribution in [2.45, 2.75) is 0 Å². The highest BCUT2D eigenvalue weighted by Crippen LogP contribution is 2.33. The Morgan fingerprint density at radius 2 is 2.03 bits per heavy atom. The first-order chi connectivity index (χ1) is 13.7. The summed E-state index contributed by atoms with van der Waals surface area (Å²) in [4.78, 5) is 31.7. The fraction of sp³-hybridized carbons (Fsp3) is 0.0625. The molecule has 1 amide bonds. The Morgan fingerprint density at radius 1 is 1.31 bits per heavy atom. The molecule has 0 aliphatic carbocycles. The van der Waals surface area contributed by atoms with Gasteiger partial charge in [0.25, 0.3) is 11.6 Å². The largest absolute Gasteiger partial charge is 0.502 e. The molecule has 0 spiro atoms. The Morgan fingerprint density at radius 3 is 2.66 bits per heavy atom. The molecule has 13 heteroatoms. The first-order valence-corrected chi connectivity index (χ1v) is 8.32. The van der Waals surface area contributed by atoms with Gasteiger partial charge in [-0.3, -0.25) is 25.0 Å². The summed E-state index contributed by atoms with van der Waals surface area (Å²) in [5, 5.41) is 44.1. The van der Waals surface area contributed by atoms with Crippen LogP contribution in [0.4, 0.5) is 11.4 Å². The van der Waals surface area contributed by atoms with Crippen molar-refractivity contribution in [3.05, 3.63) is 66.2 Å². The van der Waals surface area contributed by atoms with Crippen molar-refractivity contribution in [3.63, 3.8) is 0 Å². The molecular formula is C16H10BrN5O7. The number of nitrogens with zero attached hydrogens (tertiary/aromatic N) is 4. The Kier molecular flexibility index (Phi) is 6.77.